The van der Waals surface area contributed by atoms with Crippen molar-refractivity contribution in [2.75, 3.05) is 0 Å². The maximum absolute atomic E-state index is 7.33. The molecule has 0 bridgehead atoms. The van der Waals surface area contributed by atoms with Gasteiger partial charge in [-0.1, -0.05) is 0 Å². The van der Waals surface area contributed by atoms with E-state index >= 15 is 0 Å². The van der Waals surface area contributed by atoms with E-state index in [0.717, 1.165) is 0 Å². The largest absolute Gasteiger partial charge is 0.668 e. The first-order chi connectivity index (χ1) is 2.00. The molecule has 0 aromatic carbocycles. The van der Waals surface area contributed by atoms with Gasteiger partial charge in [-0.05, 0) is 0 Å². The van der Waals surface area contributed by atoms with Gasteiger partial charge in [0, 0.05) is 8.41 Å². The van der Waals surface area contributed by atoms with E-state index in [0.29, 0.717) is 0 Å². The number of rotatable bonds is 0. The van der Waals surface area contributed by atoms with Crippen molar-refractivity contribution < 1.29 is 46.6 Å². The van der Waals surface area contributed by atoms with Crippen molar-refractivity contribution in [2.45, 2.75) is 0 Å². The second-order valence-corrected chi connectivity index (χ2v) is 1.80. The van der Waals surface area contributed by atoms with E-state index in [1.807, 2.05) is 0 Å². The van der Waals surface area contributed by atoms with Gasteiger partial charge in [-0.2, -0.15) is 0 Å². The van der Waals surface area contributed by atoms with E-state index in [1.54, 1.807) is 0 Å². The van der Waals surface area contributed by atoms with Crippen molar-refractivity contribution in [2.24, 2.45) is 0 Å². The van der Waals surface area contributed by atoms with E-state index in [9.17, 15) is 0 Å². The van der Waals surface area contributed by atoms with E-state index in [-0.39, 0.29) is 35.8 Å². The third kappa shape index (κ3) is 102000. The fourth-order valence-corrected chi connectivity index (χ4v) is 0. The summed E-state index contributed by atoms with van der Waals surface area (Å²) in [5.74, 6) is 0. The standard InChI is InChI=1S/B.H4O4Si.5H2O/c;1-5(2,3)4;;;;;/h;1-4H;5*1H2. The van der Waals surface area contributed by atoms with Crippen LogP contribution in [-0.2, 0) is 0 Å². The Bertz CT molecular complexity index is 25.0. The quantitative estimate of drug-likeness (QED) is 0.276. The lowest BCUT2D eigenvalue weighted by atomic mass is 10.8. The molecule has 0 unspecified atom stereocenters. The van der Waals surface area contributed by atoms with Crippen LogP contribution < -0.4 is 0 Å². The molecule has 0 aromatic rings. The van der Waals surface area contributed by atoms with Gasteiger partial charge in [0.15, 0.2) is 0 Å². The highest BCUT2D eigenvalue weighted by Crippen LogP contribution is 1.67. The van der Waals surface area contributed by atoms with E-state index in [1.165, 1.54) is 0 Å². The third-order valence-corrected chi connectivity index (χ3v) is 0. The van der Waals surface area contributed by atoms with Gasteiger partial charge in [-0.25, -0.2) is 0 Å². The normalized spacial score (nSPS) is 5.45. The first-order valence-corrected chi connectivity index (χ1v) is 2.68. The summed E-state index contributed by atoms with van der Waals surface area (Å²) < 4.78 is 0. The lowest BCUT2D eigenvalue weighted by Crippen LogP contribution is -2.33. The summed E-state index contributed by atoms with van der Waals surface area (Å²) in [4.78, 5) is 29.3. The minimum Gasteiger partial charge on any atom is -0.412 e. The Labute approximate surface area is 65.2 Å². The molecule has 0 aromatic heterocycles. The highest BCUT2D eigenvalue weighted by Gasteiger charge is 2.22. The molecular weight excluding hydrogens is 183 g/mol. The van der Waals surface area contributed by atoms with Gasteiger partial charge < -0.3 is 46.6 Å². The molecule has 0 aliphatic heterocycles. The Balaban J connectivity index is -0.00000000533. The highest BCUT2D eigenvalue weighted by molar-refractivity contribution is 6.46. The second-order valence-electron chi connectivity index (χ2n) is 0.600. The van der Waals surface area contributed by atoms with Gasteiger partial charge in [0.1, 0.15) is 0 Å². The summed E-state index contributed by atoms with van der Waals surface area (Å²) in [7, 11) is -4.61. The van der Waals surface area contributed by atoms with Crippen molar-refractivity contribution in [3.63, 3.8) is 0 Å². The Morgan fingerprint density at radius 3 is 0.545 bits per heavy atom. The average molecular weight is 197 g/mol. The molecule has 14 N–H and O–H groups in total. The zero-order chi connectivity index (χ0) is 4.50. The molecule has 11 heavy (non-hydrogen) atoms. The Morgan fingerprint density at radius 2 is 0.545 bits per heavy atom. The van der Waals surface area contributed by atoms with Gasteiger partial charge in [0.25, 0.3) is 0 Å². The predicted molar refractivity (Wildman–Crippen MR) is 38.5 cm³/mol. The topological polar surface area (TPSA) is 238 Å². The van der Waals surface area contributed by atoms with Crippen molar-refractivity contribution in [1.82, 2.24) is 0 Å². The van der Waals surface area contributed by atoms with Crippen LogP contribution in [0.2, 0.25) is 0 Å². The maximum Gasteiger partial charge on any atom is 0.668 e. The fourth-order valence-electron chi connectivity index (χ4n) is 0. The van der Waals surface area contributed by atoms with Crippen LogP contribution in [0.25, 0.3) is 0 Å². The van der Waals surface area contributed by atoms with Crippen LogP contribution in [0.5, 0.6) is 0 Å². The van der Waals surface area contributed by atoms with Gasteiger partial charge in [-0.15, -0.1) is 0 Å². The van der Waals surface area contributed by atoms with Crippen molar-refractivity contribution in [3.8, 4) is 0 Å². The smallest absolute Gasteiger partial charge is 0.412 e. The zero-order valence-electron chi connectivity index (χ0n) is 5.37. The molecule has 0 fully saturated rings. The van der Waals surface area contributed by atoms with Crippen LogP contribution >= 0.6 is 0 Å². The van der Waals surface area contributed by atoms with Crippen molar-refractivity contribution >= 4 is 17.5 Å². The molecule has 0 spiro atoms. The van der Waals surface area contributed by atoms with Crippen LogP contribution in [0.15, 0.2) is 0 Å². The van der Waals surface area contributed by atoms with Crippen LogP contribution in [0.4, 0.5) is 0 Å². The van der Waals surface area contributed by atoms with E-state index in [2.05, 4.69) is 0 Å². The SMILES string of the molecule is O.O.O.O.O.O[Si](O)(O)O.[B]. The van der Waals surface area contributed by atoms with Gasteiger partial charge in [0.2, 0.25) is 0 Å². The lowest BCUT2D eigenvalue weighted by molar-refractivity contribution is 0.117. The van der Waals surface area contributed by atoms with Crippen LogP contribution in [-0.4, -0.2) is 64.0 Å². The lowest BCUT2D eigenvalue weighted by Gasteiger charge is -1.91. The monoisotopic (exact) mass is 197 g/mol. The molecule has 0 saturated heterocycles. The second kappa shape index (κ2) is 22.5. The van der Waals surface area contributed by atoms with E-state index < -0.39 is 9.05 Å². The molecule has 0 rings (SSSR count). The average Bonchev–Trinajstić information content (AvgIpc) is 0.722. The summed E-state index contributed by atoms with van der Waals surface area (Å²) in [6.45, 7) is 0. The zero-order valence-corrected chi connectivity index (χ0v) is 6.37. The molecule has 75 valence electrons. The minimum atomic E-state index is -4.61. The molecule has 0 saturated carbocycles. The Morgan fingerprint density at radius 1 is 0.545 bits per heavy atom. The molecule has 0 heterocycles. The van der Waals surface area contributed by atoms with Crippen LogP contribution in [0.3, 0.4) is 0 Å². The predicted octanol–water partition coefficient (Wildman–Crippen LogP) is -7.11. The molecular formula is H14BO9Si. The Hall–Kier alpha value is -0.0782. The van der Waals surface area contributed by atoms with Crippen LogP contribution in [0, 0.1) is 0 Å². The third-order valence-electron chi connectivity index (χ3n) is 0. The summed E-state index contributed by atoms with van der Waals surface area (Å²) in [6.07, 6.45) is 0. The fraction of sp³-hybridized carbons (Fsp3) is 0. The molecule has 0 aliphatic carbocycles. The summed E-state index contributed by atoms with van der Waals surface area (Å²) in [5, 5.41) is 0. The molecule has 0 aliphatic rings. The number of hydrogen-bond acceptors (Lipinski definition) is 4. The molecule has 11 heteroatoms. The van der Waals surface area contributed by atoms with Crippen molar-refractivity contribution in [1.29, 1.82) is 0 Å². The molecule has 0 amide bonds. The summed E-state index contributed by atoms with van der Waals surface area (Å²) in [5.41, 5.74) is 0. The minimum absolute atomic E-state index is 0. The summed E-state index contributed by atoms with van der Waals surface area (Å²) in [6, 6.07) is 0. The number of hydrogen-bond donors (Lipinski definition) is 4. The molecule has 3 radical (unpaired) electrons. The highest BCUT2D eigenvalue weighted by atomic mass is 28.4. The maximum atomic E-state index is 7.33. The van der Waals surface area contributed by atoms with Gasteiger partial charge >= 0.3 is 9.05 Å². The molecule has 9 nitrogen and oxygen atoms in total. The van der Waals surface area contributed by atoms with E-state index in [4.69, 9.17) is 19.2 Å². The van der Waals surface area contributed by atoms with Crippen LogP contribution in [0.1, 0.15) is 0 Å². The van der Waals surface area contributed by atoms with Gasteiger partial charge in [0.05, 0.1) is 0 Å². The summed E-state index contributed by atoms with van der Waals surface area (Å²) >= 11 is 0. The first-order valence-electron chi connectivity index (χ1n) is 0.894. The van der Waals surface area contributed by atoms with Gasteiger partial charge in [-0.3, -0.25) is 0 Å². The molecule has 0 atom stereocenters. The van der Waals surface area contributed by atoms with Crippen molar-refractivity contribution in [3.05, 3.63) is 0 Å². The Kier molecular flexibility index (Phi) is 143. The first kappa shape index (κ1) is 69.9.